The fourth-order valence-electron chi connectivity index (χ4n) is 2.37. The van der Waals surface area contributed by atoms with E-state index in [4.69, 9.17) is 9.47 Å². The zero-order chi connectivity index (χ0) is 16.2. The molecule has 0 aliphatic rings. The Hall–Kier alpha value is -3.15. The summed E-state index contributed by atoms with van der Waals surface area (Å²) in [5, 5.41) is 6.55. The Bertz CT molecular complexity index is 842. The van der Waals surface area contributed by atoms with E-state index in [-0.39, 0.29) is 6.03 Å². The molecule has 2 amide bonds. The first-order valence-corrected chi connectivity index (χ1v) is 7.07. The normalized spacial score (nSPS) is 10.3. The largest absolute Gasteiger partial charge is 0.493 e. The van der Waals surface area contributed by atoms with Gasteiger partial charge in [-0.25, -0.2) is 4.79 Å². The third kappa shape index (κ3) is 3.06. The van der Waals surface area contributed by atoms with E-state index in [1.165, 1.54) is 0 Å². The highest BCUT2D eigenvalue weighted by Crippen LogP contribution is 2.30. The third-order valence-electron chi connectivity index (χ3n) is 3.48. The predicted molar refractivity (Wildman–Crippen MR) is 90.5 cm³/mol. The number of ether oxygens (including phenoxy) is 2. The summed E-state index contributed by atoms with van der Waals surface area (Å²) in [4.78, 5) is 15.3. The van der Waals surface area contributed by atoms with Gasteiger partial charge in [-0.15, -0.1) is 0 Å². The summed E-state index contributed by atoms with van der Waals surface area (Å²) in [6.45, 7) is 0. The molecular formula is C17H17N3O3. The van der Waals surface area contributed by atoms with Gasteiger partial charge in [0.25, 0.3) is 0 Å². The highest BCUT2D eigenvalue weighted by atomic mass is 16.5. The average Bonchev–Trinajstić information content (AvgIpc) is 2.97. The average molecular weight is 311 g/mol. The maximum Gasteiger partial charge on any atom is 0.323 e. The van der Waals surface area contributed by atoms with Gasteiger partial charge in [0, 0.05) is 28.9 Å². The highest BCUT2D eigenvalue weighted by molar-refractivity contribution is 6.05. The van der Waals surface area contributed by atoms with Crippen molar-refractivity contribution < 1.29 is 14.3 Å². The number of carbonyl (C=O) groups is 1. The molecule has 0 saturated carbocycles. The van der Waals surface area contributed by atoms with Crippen LogP contribution in [0.4, 0.5) is 16.2 Å². The van der Waals surface area contributed by atoms with Crippen molar-refractivity contribution >= 4 is 28.3 Å². The third-order valence-corrected chi connectivity index (χ3v) is 3.48. The number of aromatic amines is 1. The molecule has 0 bridgehead atoms. The molecule has 3 rings (SSSR count). The van der Waals surface area contributed by atoms with Crippen molar-refractivity contribution in [3.8, 4) is 11.5 Å². The van der Waals surface area contributed by atoms with E-state index in [2.05, 4.69) is 15.6 Å². The van der Waals surface area contributed by atoms with Gasteiger partial charge < -0.3 is 25.1 Å². The van der Waals surface area contributed by atoms with E-state index in [0.29, 0.717) is 17.2 Å². The molecule has 0 fully saturated rings. The molecule has 0 unspecified atom stereocenters. The predicted octanol–water partition coefficient (Wildman–Crippen LogP) is 3.83. The Morgan fingerprint density at radius 3 is 2.57 bits per heavy atom. The van der Waals surface area contributed by atoms with Crippen LogP contribution in [-0.2, 0) is 0 Å². The second-order valence-electron chi connectivity index (χ2n) is 4.90. The molecule has 0 atom stereocenters. The van der Waals surface area contributed by atoms with E-state index in [0.717, 1.165) is 16.6 Å². The highest BCUT2D eigenvalue weighted by Gasteiger charge is 2.09. The Morgan fingerprint density at radius 1 is 1.00 bits per heavy atom. The maximum atomic E-state index is 12.2. The molecule has 0 saturated heterocycles. The van der Waals surface area contributed by atoms with Crippen molar-refractivity contribution in [1.29, 1.82) is 0 Å². The van der Waals surface area contributed by atoms with Crippen molar-refractivity contribution in [3.05, 3.63) is 48.7 Å². The van der Waals surface area contributed by atoms with Crippen molar-refractivity contribution in [2.45, 2.75) is 0 Å². The number of fused-ring (bicyclic) bond motifs is 1. The van der Waals surface area contributed by atoms with Gasteiger partial charge in [-0.3, -0.25) is 0 Å². The van der Waals surface area contributed by atoms with Gasteiger partial charge in [0.05, 0.1) is 19.9 Å². The molecule has 0 aliphatic carbocycles. The monoisotopic (exact) mass is 311 g/mol. The molecule has 2 aromatic carbocycles. The number of benzene rings is 2. The molecule has 3 aromatic rings. The summed E-state index contributed by atoms with van der Waals surface area (Å²) in [6, 6.07) is 12.6. The molecule has 0 spiro atoms. The van der Waals surface area contributed by atoms with Gasteiger partial charge in [-0.1, -0.05) is 18.2 Å². The minimum Gasteiger partial charge on any atom is -0.493 e. The van der Waals surface area contributed by atoms with E-state index < -0.39 is 0 Å². The molecule has 6 nitrogen and oxygen atoms in total. The maximum absolute atomic E-state index is 12.2. The molecule has 0 aliphatic heterocycles. The standard InChI is InChI=1S/C17H17N3O3/c1-22-15-8-7-11(9-16(15)23-2)19-17(21)20-14-10-18-13-6-4-3-5-12(13)14/h3-10,18H,1-2H3,(H2,19,20,21). The quantitative estimate of drug-likeness (QED) is 0.685. The topological polar surface area (TPSA) is 75.4 Å². The summed E-state index contributed by atoms with van der Waals surface area (Å²) in [5.74, 6) is 1.16. The Labute approximate surface area is 133 Å². The van der Waals surface area contributed by atoms with Gasteiger partial charge >= 0.3 is 6.03 Å². The number of carbonyl (C=O) groups excluding carboxylic acids is 1. The molecule has 1 heterocycles. The fraction of sp³-hybridized carbons (Fsp3) is 0.118. The van der Waals surface area contributed by atoms with Crippen LogP contribution in [0.3, 0.4) is 0 Å². The first-order valence-electron chi connectivity index (χ1n) is 7.07. The first kappa shape index (κ1) is 14.8. The van der Waals surface area contributed by atoms with Gasteiger partial charge in [0.1, 0.15) is 0 Å². The minimum atomic E-state index is -0.332. The van der Waals surface area contributed by atoms with Crippen molar-refractivity contribution in [2.75, 3.05) is 24.9 Å². The van der Waals surface area contributed by atoms with Gasteiger partial charge in [-0.05, 0) is 18.2 Å². The number of aromatic nitrogens is 1. The first-order chi connectivity index (χ1) is 11.2. The van der Waals surface area contributed by atoms with Crippen LogP contribution in [0.25, 0.3) is 10.9 Å². The van der Waals surface area contributed by atoms with Crippen LogP contribution in [-0.4, -0.2) is 25.2 Å². The number of urea groups is 1. The molecular weight excluding hydrogens is 294 g/mol. The number of methoxy groups -OCH3 is 2. The van der Waals surface area contributed by atoms with Crippen molar-refractivity contribution in [2.24, 2.45) is 0 Å². The summed E-state index contributed by atoms with van der Waals surface area (Å²) in [7, 11) is 3.11. The molecule has 3 N–H and O–H groups in total. The van der Waals surface area contributed by atoms with Crippen molar-refractivity contribution in [3.63, 3.8) is 0 Å². The second-order valence-corrected chi connectivity index (χ2v) is 4.90. The number of hydrogen-bond donors (Lipinski definition) is 3. The lowest BCUT2D eigenvalue weighted by atomic mass is 10.2. The molecule has 23 heavy (non-hydrogen) atoms. The minimum absolute atomic E-state index is 0.332. The molecule has 118 valence electrons. The lowest BCUT2D eigenvalue weighted by Crippen LogP contribution is -2.19. The molecule has 0 radical (unpaired) electrons. The number of amides is 2. The molecule has 1 aromatic heterocycles. The van der Waals surface area contributed by atoms with E-state index in [9.17, 15) is 4.79 Å². The van der Waals surface area contributed by atoms with Gasteiger partial charge in [0.2, 0.25) is 0 Å². The van der Waals surface area contributed by atoms with Crippen molar-refractivity contribution in [1.82, 2.24) is 4.98 Å². The Balaban J connectivity index is 1.74. The van der Waals surface area contributed by atoms with Crippen LogP contribution in [0.1, 0.15) is 0 Å². The van der Waals surface area contributed by atoms with Crippen LogP contribution in [0.5, 0.6) is 11.5 Å². The van der Waals surface area contributed by atoms with Crippen LogP contribution >= 0.6 is 0 Å². The number of anilines is 2. The summed E-state index contributed by atoms with van der Waals surface area (Å²) in [6.07, 6.45) is 1.76. The SMILES string of the molecule is COc1ccc(NC(=O)Nc2c[nH]c3ccccc23)cc1OC. The van der Waals surface area contributed by atoms with Crippen LogP contribution in [0.15, 0.2) is 48.7 Å². The number of H-pyrrole nitrogens is 1. The zero-order valence-corrected chi connectivity index (χ0v) is 12.8. The van der Waals surface area contributed by atoms with Crippen LogP contribution in [0.2, 0.25) is 0 Å². The summed E-state index contributed by atoms with van der Waals surface area (Å²) in [5.41, 5.74) is 2.30. The van der Waals surface area contributed by atoms with E-state index in [1.807, 2.05) is 24.3 Å². The lowest BCUT2D eigenvalue weighted by molar-refractivity contribution is 0.262. The number of rotatable bonds is 4. The van der Waals surface area contributed by atoms with Crippen LogP contribution < -0.4 is 20.1 Å². The van der Waals surface area contributed by atoms with E-state index >= 15 is 0 Å². The number of nitrogens with one attached hydrogen (secondary N) is 3. The summed E-state index contributed by atoms with van der Waals surface area (Å²) < 4.78 is 10.4. The van der Waals surface area contributed by atoms with Crippen LogP contribution in [0, 0.1) is 0 Å². The van der Waals surface area contributed by atoms with Gasteiger partial charge in [0.15, 0.2) is 11.5 Å². The number of hydrogen-bond acceptors (Lipinski definition) is 3. The fourth-order valence-corrected chi connectivity index (χ4v) is 2.37. The summed E-state index contributed by atoms with van der Waals surface area (Å²) >= 11 is 0. The number of para-hydroxylation sites is 1. The Morgan fingerprint density at radius 2 is 1.78 bits per heavy atom. The van der Waals surface area contributed by atoms with Gasteiger partial charge in [-0.2, -0.15) is 0 Å². The van der Waals surface area contributed by atoms with E-state index in [1.54, 1.807) is 38.6 Å². The molecule has 6 heteroatoms. The smallest absolute Gasteiger partial charge is 0.323 e. The lowest BCUT2D eigenvalue weighted by Gasteiger charge is -2.11. The Kier molecular flexibility index (Phi) is 4.05. The zero-order valence-electron chi connectivity index (χ0n) is 12.8. The second kappa shape index (κ2) is 6.31.